The Morgan fingerprint density at radius 2 is 1.86 bits per heavy atom. The van der Waals surface area contributed by atoms with E-state index in [1.807, 2.05) is 30.3 Å². The summed E-state index contributed by atoms with van der Waals surface area (Å²) in [6.45, 7) is 0.527. The topological polar surface area (TPSA) is 78.2 Å². The molecule has 0 bridgehead atoms. The summed E-state index contributed by atoms with van der Waals surface area (Å²) in [7, 11) is -2.97. The molecule has 1 aromatic carbocycles. The van der Waals surface area contributed by atoms with Gasteiger partial charge in [0.1, 0.15) is 0 Å². The van der Waals surface area contributed by atoms with Gasteiger partial charge in [0.2, 0.25) is 5.91 Å². The fraction of sp³-hybridized carbons (Fsp3) is 0.500. The van der Waals surface area contributed by atoms with Crippen LogP contribution in [0.5, 0.6) is 0 Å². The van der Waals surface area contributed by atoms with E-state index in [0.29, 0.717) is 5.75 Å². The van der Waals surface area contributed by atoms with Crippen molar-refractivity contribution in [2.75, 3.05) is 30.3 Å². The first kappa shape index (κ1) is 16.3. The molecule has 115 valence electrons. The van der Waals surface area contributed by atoms with E-state index in [0.717, 1.165) is 4.90 Å². The Morgan fingerprint density at radius 1 is 1.24 bits per heavy atom. The predicted octanol–water partition coefficient (Wildman–Crippen LogP) is 1.08. The van der Waals surface area contributed by atoms with Crippen molar-refractivity contribution >= 4 is 27.5 Å². The van der Waals surface area contributed by atoms with Crippen LogP contribution in [0.2, 0.25) is 0 Å². The fourth-order valence-electron chi connectivity index (χ4n) is 2.07. The Morgan fingerprint density at radius 3 is 2.48 bits per heavy atom. The van der Waals surface area contributed by atoms with Gasteiger partial charge in [0.05, 0.1) is 11.5 Å². The van der Waals surface area contributed by atoms with Gasteiger partial charge in [-0.1, -0.05) is 18.2 Å². The number of rotatable bonds is 5. The van der Waals surface area contributed by atoms with Gasteiger partial charge in [-0.15, -0.1) is 11.8 Å². The molecule has 1 amide bonds. The van der Waals surface area contributed by atoms with Crippen LogP contribution < -0.4 is 5.73 Å². The highest BCUT2D eigenvalue weighted by molar-refractivity contribution is 7.99. The molecular weight excluding hydrogens is 308 g/mol. The summed E-state index contributed by atoms with van der Waals surface area (Å²) in [5, 5.41) is 0. The van der Waals surface area contributed by atoms with Gasteiger partial charge in [-0.25, -0.2) is 8.42 Å². The van der Waals surface area contributed by atoms with Gasteiger partial charge in [-0.3, -0.25) is 10.5 Å². The second kappa shape index (κ2) is 7.29. The molecule has 1 aromatic rings. The summed E-state index contributed by atoms with van der Waals surface area (Å²) in [6, 6.07) is 9.32. The number of nitrogens with zero attached hydrogens (tertiary/aromatic N) is 1. The third-order valence-corrected chi connectivity index (χ3v) is 6.10. The maximum absolute atomic E-state index is 12.0. The number of carbonyl (C=O) groups excluding carboxylic acids is 1. The molecular formula is C14H19N2O3S2. The van der Waals surface area contributed by atoms with Gasteiger partial charge in [-0.05, 0) is 12.1 Å². The van der Waals surface area contributed by atoms with Crippen LogP contribution in [-0.4, -0.2) is 55.6 Å². The second-order valence-corrected chi connectivity index (χ2v) is 8.45. The summed E-state index contributed by atoms with van der Waals surface area (Å²) in [5.41, 5.74) is 7.96. The first-order valence-electron chi connectivity index (χ1n) is 6.83. The van der Waals surface area contributed by atoms with Crippen molar-refractivity contribution in [3.8, 4) is 0 Å². The van der Waals surface area contributed by atoms with Gasteiger partial charge >= 0.3 is 0 Å². The number of hydrogen-bond donors (Lipinski definition) is 0. The lowest BCUT2D eigenvalue weighted by Crippen LogP contribution is -2.44. The first-order chi connectivity index (χ1) is 9.96. The van der Waals surface area contributed by atoms with Crippen LogP contribution in [0.4, 0.5) is 0 Å². The molecule has 1 saturated heterocycles. The molecule has 1 aliphatic rings. The molecule has 1 radical (unpaired) electrons. The molecule has 1 heterocycles. The van der Waals surface area contributed by atoms with Crippen molar-refractivity contribution in [3.05, 3.63) is 30.3 Å². The minimum Gasteiger partial charge on any atom is -0.341 e. The zero-order chi connectivity index (χ0) is 15.3. The number of hydrogen-bond acceptors (Lipinski definition) is 4. The van der Waals surface area contributed by atoms with Crippen molar-refractivity contribution in [1.82, 2.24) is 10.6 Å². The minimum atomic E-state index is -2.97. The number of nitrogens with one attached hydrogen (secondary N) is 1. The molecule has 0 aliphatic carbocycles. The molecule has 7 heteroatoms. The standard InChI is InChI=1S/C14H19N2O3S2/c15-12(11-20-13-4-2-1-3-5-13)10-14(17)16-6-8-21(18,19)9-7-16/h1-5,12,15H,6-11H2/t12-/m1/s1. The monoisotopic (exact) mass is 327 g/mol. The SMILES string of the molecule is [NH][C@@H](CSc1ccccc1)CC(=O)N1CCS(=O)(=O)CC1. The van der Waals surface area contributed by atoms with Crippen molar-refractivity contribution in [1.29, 1.82) is 0 Å². The predicted molar refractivity (Wildman–Crippen MR) is 83.9 cm³/mol. The molecule has 2 rings (SSSR count). The molecule has 1 atom stereocenters. The molecule has 21 heavy (non-hydrogen) atoms. The van der Waals surface area contributed by atoms with Crippen LogP contribution in [0.1, 0.15) is 6.42 Å². The highest BCUT2D eigenvalue weighted by Crippen LogP contribution is 2.19. The van der Waals surface area contributed by atoms with E-state index in [2.05, 4.69) is 0 Å². The van der Waals surface area contributed by atoms with Crippen molar-refractivity contribution in [2.45, 2.75) is 17.4 Å². The summed E-state index contributed by atoms with van der Waals surface area (Å²) in [6.07, 6.45) is 0.153. The third kappa shape index (κ3) is 5.33. The molecule has 1 N–H and O–H groups in total. The Bertz CT molecular complexity index is 561. The third-order valence-electron chi connectivity index (χ3n) is 3.31. The molecule has 0 spiro atoms. The van der Waals surface area contributed by atoms with Gasteiger partial charge in [0.25, 0.3) is 0 Å². The van der Waals surface area contributed by atoms with Crippen LogP contribution in [0.15, 0.2) is 35.2 Å². The van der Waals surface area contributed by atoms with E-state index in [1.54, 1.807) is 16.7 Å². The second-order valence-electron chi connectivity index (χ2n) is 5.06. The van der Waals surface area contributed by atoms with Crippen LogP contribution in [-0.2, 0) is 14.6 Å². The smallest absolute Gasteiger partial charge is 0.224 e. The largest absolute Gasteiger partial charge is 0.341 e. The average molecular weight is 327 g/mol. The van der Waals surface area contributed by atoms with Gasteiger partial charge in [0, 0.05) is 36.2 Å². The summed E-state index contributed by atoms with van der Waals surface area (Å²) in [4.78, 5) is 14.7. The van der Waals surface area contributed by atoms with E-state index in [9.17, 15) is 13.2 Å². The van der Waals surface area contributed by atoms with Crippen LogP contribution >= 0.6 is 11.8 Å². The van der Waals surface area contributed by atoms with E-state index in [-0.39, 0.29) is 36.9 Å². The first-order valence-corrected chi connectivity index (χ1v) is 9.64. The molecule has 1 fully saturated rings. The fourth-order valence-corrected chi connectivity index (χ4v) is 4.14. The zero-order valence-electron chi connectivity index (χ0n) is 11.7. The number of benzene rings is 1. The molecule has 1 aliphatic heterocycles. The maximum atomic E-state index is 12.0. The molecule has 0 unspecified atom stereocenters. The van der Waals surface area contributed by atoms with Gasteiger partial charge in [0.15, 0.2) is 9.84 Å². The quantitative estimate of drug-likeness (QED) is 0.758. The highest BCUT2D eigenvalue weighted by atomic mass is 32.2. The summed E-state index contributed by atoms with van der Waals surface area (Å²) < 4.78 is 22.6. The number of amides is 1. The molecule has 0 saturated carbocycles. The highest BCUT2D eigenvalue weighted by Gasteiger charge is 2.25. The van der Waals surface area contributed by atoms with E-state index < -0.39 is 15.9 Å². The Hall–Kier alpha value is -1.05. The van der Waals surface area contributed by atoms with Crippen LogP contribution in [0.25, 0.3) is 0 Å². The zero-order valence-corrected chi connectivity index (χ0v) is 13.3. The Labute approximate surface area is 129 Å². The van der Waals surface area contributed by atoms with E-state index in [4.69, 9.17) is 5.73 Å². The number of carbonyl (C=O) groups is 1. The van der Waals surface area contributed by atoms with Gasteiger partial charge in [-0.2, -0.15) is 0 Å². The average Bonchev–Trinajstić information content (AvgIpc) is 2.46. The van der Waals surface area contributed by atoms with E-state index >= 15 is 0 Å². The Balaban J connectivity index is 1.75. The maximum Gasteiger partial charge on any atom is 0.224 e. The van der Waals surface area contributed by atoms with Crippen LogP contribution in [0, 0.1) is 0 Å². The van der Waals surface area contributed by atoms with Crippen LogP contribution in [0.3, 0.4) is 0 Å². The lowest BCUT2D eigenvalue weighted by Gasteiger charge is -2.27. The lowest BCUT2D eigenvalue weighted by atomic mass is 10.2. The van der Waals surface area contributed by atoms with Crippen molar-refractivity contribution in [3.63, 3.8) is 0 Å². The number of thioether (sulfide) groups is 1. The molecule has 0 aromatic heterocycles. The van der Waals surface area contributed by atoms with E-state index in [1.165, 1.54) is 0 Å². The van der Waals surface area contributed by atoms with Crippen molar-refractivity contribution < 1.29 is 13.2 Å². The normalized spacial score (nSPS) is 19.2. The summed E-state index contributed by atoms with van der Waals surface area (Å²) in [5.74, 6) is 0.529. The minimum absolute atomic E-state index is 0.0418. The van der Waals surface area contributed by atoms with Crippen molar-refractivity contribution in [2.24, 2.45) is 0 Å². The van der Waals surface area contributed by atoms with Gasteiger partial charge < -0.3 is 4.90 Å². The summed E-state index contributed by atoms with van der Waals surface area (Å²) >= 11 is 1.56. The lowest BCUT2D eigenvalue weighted by molar-refractivity contribution is -0.131. The molecule has 5 nitrogen and oxygen atoms in total. The number of sulfone groups is 1. The Kier molecular flexibility index (Phi) is 5.66.